The summed E-state index contributed by atoms with van der Waals surface area (Å²) in [6.07, 6.45) is 29.2. The Morgan fingerprint density at radius 2 is 1.81 bits per heavy atom. The molecule has 1 rings (SSSR count). The summed E-state index contributed by atoms with van der Waals surface area (Å²) in [5.41, 5.74) is 3.72. The van der Waals surface area contributed by atoms with E-state index >= 15 is 0 Å². The lowest BCUT2D eigenvalue weighted by Gasteiger charge is -2.40. The van der Waals surface area contributed by atoms with Crippen molar-refractivity contribution in [2.45, 2.75) is 72.4 Å². The molecule has 0 aromatic heterocycles. The van der Waals surface area contributed by atoms with Crippen LogP contribution in [-0.2, 0) is 4.74 Å². The zero-order valence-electron chi connectivity index (χ0n) is 26.8. The monoisotopic (exact) mass is 588 g/mol. The highest BCUT2D eigenvalue weighted by Gasteiger charge is 2.31. The lowest BCUT2D eigenvalue weighted by atomic mass is 9.91. The average Bonchev–Trinajstić information content (AvgIpc) is 3.00. The predicted octanol–water partition coefficient (Wildman–Crippen LogP) is 7.94. The zero-order valence-corrected chi connectivity index (χ0v) is 26.8. The lowest BCUT2D eigenvalue weighted by molar-refractivity contribution is 0.0294. The fourth-order valence-corrected chi connectivity index (χ4v) is 4.49. The number of urea groups is 1. The molecule has 1 heterocycles. The Hall–Kier alpha value is -4.10. The number of allylic oxidation sites excluding steroid dienone is 15. The standard InChI is InChI=1S/C36H52N4O3/c1-8-14-17-20-30(12-5)27-31-23-26-40(25-18-24-37-35(41)38-33(19-11-4)22-16-10-3)34(28-31)29(7)43-36(42)39-32(13-6)21-15-9-2/h8-9,11-17,19-22,27,29,34H,4,6,10,18,23-26,28H2,1-3,5,7H3,(H,39,42)(H2,37,38,41)/b14-8-,15-9-,20-17-,22-16-,30-12+,31-27-,32-21+,33-19+. The third kappa shape index (κ3) is 15.6. The third-order valence-corrected chi connectivity index (χ3v) is 6.72. The topological polar surface area (TPSA) is 82.7 Å². The van der Waals surface area contributed by atoms with Crippen molar-refractivity contribution in [3.05, 3.63) is 121 Å². The molecule has 0 aliphatic carbocycles. The van der Waals surface area contributed by atoms with Crippen LogP contribution in [0.4, 0.5) is 9.59 Å². The Kier molecular flexibility index (Phi) is 19.3. The van der Waals surface area contributed by atoms with Crippen LogP contribution in [0.1, 0.15) is 60.3 Å². The SMILES string of the molecule is C=C/C=C(\C=C/CC)NC(=O)NCCCN1CC/C(=C/C(/C=C\C=C/C)=C/C)CC1C(C)OC(=O)N/C(C=C)=C/C=C\C. The molecule has 0 radical (unpaired) electrons. The van der Waals surface area contributed by atoms with E-state index in [0.29, 0.717) is 17.9 Å². The second-order valence-corrected chi connectivity index (χ2v) is 10.0. The number of nitrogens with one attached hydrogen (secondary N) is 3. The first-order valence-corrected chi connectivity index (χ1v) is 15.2. The maximum atomic E-state index is 12.7. The number of rotatable bonds is 16. The normalized spacial score (nSPS) is 19.0. The molecule has 0 bridgehead atoms. The van der Waals surface area contributed by atoms with Crippen molar-refractivity contribution in [2.24, 2.45) is 0 Å². The van der Waals surface area contributed by atoms with Crippen LogP contribution in [-0.4, -0.2) is 48.8 Å². The van der Waals surface area contributed by atoms with Crippen LogP contribution in [0.15, 0.2) is 121 Å². The average molecular weight is 589 g/mol. The highest BCUT2D eigenvalue weighted by molar-refractivity contribution is 5.76. The molecule has 1 aliphatic rings. The maximum Gasteiger partial charge on any atom is 0.411 e. The number of carbonyl (C=O) groups excluding carboxylic acids is 2. The Balaban J connectivity index is 2.95. The van der Waals surface area contributed by atoms with E-state index in [2.05, 4.69) is 52.2 Å². The summed E-state index contributed by atoms with van der Waals surface area (Å²) < 4.78 is 5.87. The molecule has 1 fully saturated rings. The van der Waals surface area contributed by atoms with Crippen LogP contribution in [0.25, 0.3) is 0 Å². The minimum atomic E-state index is -0.513. The van der Waals surface area contributed by atoms with Crippen molar-refractivity contribution < 1.29 is 14.3 Å². The summed E-state index contributed by atoms with van der Waals surface area (Å²) in [4.78, 5) is 27.5. The minimum Gasteiger partial charge on any atom is -0.445 e. The van der Waals surface area contributed by atoms with Crippen molar-refractivity contribution in [2.75, 3.05) is 19.6 Å². The van der Waals surface area contributed by atoms with Crippen LogP contribution in [0.3, 0.4) is 0 Å². The van der Waals surface area contributed by atoms with Gasteiger partial charge in [0.15, 0.2) is 0 Å². The number of ether oxygens (including phenoxy) is 1. The number of hydrogen-bond acceptors (Lipinski definition) is 4. The van der Waals surface area contributed by atoms with Crippen LogP contribution < -0.4 is 16.0 Å². The number of amides is 3. The van der Waals surface area contributed by atoms with E-state index in [1.165, 1.54) is 5.57 Å². The first-order valence-electron chi connectivity index (χ1n) is 15.2. The molecular formula is C36H52N4O3. The van der Waals surface area contributed by atoms with Crippen molar-refractivity contribution >= 4 is 12.1 Å². The van der Waals surface area contributed by atoms with Crippen LogP contribution in [0.2, 0.25) is 0 Å². The summed E-state index contributed by atoms with van der Waals surface area (Å²) in [7, 11) is 0. The molecule has 3 amide bonds. The molecule has 0 spiro atoms. The van der Waals surface area contributed by atoms with Crippen molar-refractivity contribution in [1.82, 2.24) is 20.9 Å². The van der Waals surface area contributed by atoms with Crippen LogP contribution in [0, 0.1) is 0 Å². The molecule has 2 atom stereocenters. The Morgan fingerprint density at radius 1 is 1.05 bits per heavy atom. The van der Waals surface area contributed by atoms with E-state index in [1.54, 1.807) is 24.3 Å². The van der Waals surface area contributed by atoms with E-state index < -0.39 is 6.09 Å². The van der Waals surface area contributed by atoms with Gasteiger partial charge in [0.05, 0.1) is 6.04 Å². The number of piperidine rings is 1. The van der Waals surface area contributed by atoms with Crippen molar-refractivity contribution in [3.8, 4) is 0 Å². The quantitative estimate of drug-likeness (QED) is 0.126. The Morgan fingerprint density at radius 3 is 2.47 bits per heavy atom. The summed E-state index contributed by atoms with van der Waals surface area (Å²) in [6.45, 7) is 19.5. The molecule has 7 heteroatoms. The maximum absolute atomic E-state index is 12.7. The van der Waals surface area contributed by atoms with Gasteiger partial charge in [0.1, 0.15) is 6.10 Å². The highest BCUT2D eigenvalue weighted by atomic mass is 16.6. The molecule has 0 aromatic carbocycles. The van der Waals surface area contributed by atoms with Gasteiger partial charge in [0, 0.05) is 31.0 Å². The second-order valence-electron chi connectivity index (χ2n) is 10.0. The Bertz CT molecular complexity index is 1150. The number of nitrogens with zero attached hydrogens (tertiary/aromatic N) is 1. The Labute approximate surface area is 259 Å². The van der Waals surface area contributed by atoms with Crippen LogP contribution >= 0.6 is 0 Å². The predicted molar refractivity (Wildman–Crippen MR) is 181 cm³/mol. The summed E-state index contributed by atoms with van der Waals surface area (Å²) >= 11 is 0. The van der Waals surface area contributed by atoms with E-state index in [4.69, 9.17) is 4.74 Å². The van der Waals surface area contributed by atoms with Gasteiger partial charge in [0.25, 0.3) is 0 Å². The van der Waals surface area contributed by atoms with Gasteiger partial charge in [-0.15, -0.1) is 0 Å². The summed E-state index contributed by atoms with van der Waals surface area (Å²) in [5, 5.41) is 8.57. The van der Waals surface area contributed by atoms with Gasteiger partial charge in [-0.05, 0) is 83.3 Å². The zero-order chi connectivity index (χ0) is 31.9. The number of alkyl carbamates (subject to hydrolysis) is 1. The van der Waals surface area contributed by atoms with Crippen molar-refractivity contribution in [3.63, 3.8) is 0 Å². The van der Waals surface area contributed by atoms with E-state index in [1.807, 2.05) is 77.2 Å². The molecule has 43 heavy (non-hydrogen) atoms. The molecule has 0 aromatic rings. The number of hydrogen-bond donors (Lipinski definition) is 3. The lowest BCUT2D eigenvalue weighted by Crippen LogP contribution is -2.49. The van der Waals surface area contributed by atoms with Gasteiger partial charge in [-0.1, -0.05) is 86.4 Å². The summed E-state index contributed by atoms with van der Waals surface area (Å²) in [5.74, 6) is 0. The van der Waals surface area contributed by atoms with Gasteiger partial charge in [-0.3, -0.25) is 10.2 Å². The van der Waals surface area contributed by atoms with Gasteiger partial charge in [0.2, 0.25) is 0 Å². The van der Waals surface area contributed by atoms with E-state index in [0.717, 1.165) is 44.3 Å². The molecule has 234 valence electrons. The third-order valence-electron chi connectivity index (χ3n) is 6.72. The molecule has 2 unspecified atom stereocenters. The fourth-order valence-electron chi connectivity index (χ4n) is 4.49. The second kappa shape index (κ2) is 22.5. The first-order chi connectivity index (χ1) is 20.8. The van der Waals surface area contributed by atoms with Gasteiger partial charge < -0.3 is 15.4 Å². The largest absolute Gasteiger partial charge is 0.445 e. The van der Waals surface area contributed by atoms with Gasteiger partial charge >= 0.3 is 12.1 Å². The summed E-state index contributed by atoms with van der Waals surface area (Å²) in [6, 6.07) is -0.262. The first kappa shape index (κ1) is 36.9. The fraction of sp³-hybridized carbons (Fsp3) is 0.389. The highest BCUT2D eigenvalue weighted by Crippen LogP contribution is 2.27. The minimum absolute atomic E-state index is 0.00907. The van der Waals surface area contributed by atoms with Gasteiger partial charge in [-0.25, -0.2) is 9.59 Å². The van der Waals surface area contributed by atoms with E-state index in [9.17, 15) is 9.59 Å². The molecule has 7 nitrogen and oxygen atoms in total. The van der Waals surface area contributed by atoms with Crippen molar-refractivity contribution in [1.29, 1.82) is 0 Å². The molecule has 0 saturated carbocycles. The molecule has 1 aliphatic heterocycles. The van der Waals surface area contributed by atoms with Gasteiger partial charge in [-0.2, -0.15) is 0 Å². The molecule has 3 N–H and O–H groups in total. The smallest absolute Gasteiger partial charge is 0.411 e. The molecule has 1 saturated heterocycles. The number of carbonyl (C=O) groups is 2. The van der Waals surface area contributed by atoms with Crippen LogP contribution in [0.5, 0.6) is 0 Å². The van der Waals surface area contributed by atoms with E-state index in [-0.39, 0.29) is 18.2 Å². The molecular weight excluding hydrogens is 536 g/mol. The number of likely N-dealkylation sites (tertiary alicyclic amines) is 1.